The lowest BCUT2D eigenvalue weighted by atomic mass is 9.88. The van der Waals surface area contributed by atoms with Gasteiger partial charge in [-0.15, -0.1) is 11.3 Å². The number of likely N-dealkylation sites (tertiary alicyclic amines) is 1. The van der Waals surface area contributed by atoms with Crippen molar-refractivity contribution in [3.8, 4) is 0 Å². The van der Waals surface area contributed by atoms with Gasteiger partial charge in [-0.3, -0.25) is 14.5 Å². The normalized spacial score (nSPS) is 21.3. The molecule has 3 rings (SSSR count). The number of primary amides is 1. The molecule has 2 heterocycles. The topological polar surface area (TPSA) is 102 Å². The van der Waals surface area contributed by atoms with Crippen molar-refractivity contribution in [1.29, 1.82) is 0 Å². The molecule has 0 saturated carbocycles. The molecule has 29 heavy (non-hydrogen) atoms. The third kappa shape index (κ3) is 4.80. The predicted molar refractivity (Wildman–Crippen MR) is 113 cm³/mol. The SMILES string of the molecule is CCOC(=O)c1c(NC(=O)[C@H](C)N2CCC(C(N)=O)CC2)sc2c1CC[C@@H](C)C2. The van der Waals surface area contributed by atoms with E-state index in [9.17, 15) is 14.4 Å². The van der Waals surface area contributed by atoms with E-state index < -0.39 is 0 Å². The van der Waals surface area contributed by atoms with Crippen LogP contribution < -0.4 is 11.1 Å². The van der Waals surface area contributed by atoms with Crippen molar-refractivity contribution in [2.75, 3.05) is 25.0 Å². The van der Waals surface area contributed by atoms with E-state index in [1.54, 1.807) is 6.92 Å². The molecule has 1 saturated heterocycles. The number of esters is 1. The Bertz CT molecular complexity index is 783. The van der Waals surface area contributed by atoms with Gasteiger partial charge >= 0.3 is 5.97 Å². The van der Waals surface area contributed by atoms with Crippen LogP contribution in [0.3, 0.4) is 0 Å². The van der Waals surface area contributed by atoms with Crippen LogP contribution in [0, 0.1) is 11.8 Å². The predicted octanol–water partition coefficient (Wildman–Crippen LogP) is 2.57. The first-order valence-corrected chi connectivity index (χ1v) is 11.3. The minimum atomic E-state index is -0.357. The van der Waals surface area contributed by atoms with Crippen LogP contribution in [0.4, 0.5) is 5.00 Å². The second-order valence-corrected chi connectivity index (χ2v) is 9.26. The van der Waals surface area contributed by atoms with Gasteiger partial charge in [-0.1, -0.05) is 6.92 Å². The first-order valence-electron chi connectivity index (χ1n) is 10.5. The molecule has 160 valence electrons. The monoisotopic (exact) mass is 421 g/mol. The quantitative estimate of drug-likeness (QED) is 0.688. The summed E-state index contributed by atoms with van der Waals surface area (Å²) in [5.41, 5.74) is 6.97. The van der Waals surface area contributed by atoms with Crippen LogP contribution in [0.25, 0.3) is 0 Å². The Hall–Kier alpha value is -1.93. The molecule has 1 aliphatic carbocycles. The maximum Gasteiger partial charge on any atom is 0.341 e. The van der Waals surface area contributed by atoms with Gasteiger partial charge in [0.05, 0.1) is 18.2 Å². The number of rotatable bonds is 6. The van der Waals surface area contributed by atoms with Crippen LogP contribution in [-0.2, 0) is 27.2 Å². The minimum Gasteiger partial charge on any atom is -0.462 e. The highest BCUT2D eigenvalue weighted by Gasteiger charge is 2.32. The summed E-state index contributed by atoms with van der Waals surface area (Å²) in [5, 5.41) is 3.60. The number of carbonyl (C=O) groups is 3. The fourth-order valence-electron chi connectivity index (χ4n) is 4.21. The Morgan fingerprint density at radius 3 is 2.59 bits per heavy atom. The zero-order valence-electron chi connectivity index (χ0n) is 17.5. The smallest absolute Gasteiger partial charge is 0.341 e. The number of thiophene rings is 1. The Morgan fingerprint density at radius 2 is 1.97 bits per heavy atom. The van der Waals surface area contributed by atoms with Crippen molar-refractivity contribution < 1.29 is 19.1 Å². The molecule has 2 atom stereocenters. The van der Waals surface area contributed by atoms with Gasteiger partial charge in [0, 0.05) is 10.8 Å². The van der Waals surface area contributed by atoms with Crippen molar-refractivity contribution in [3.05, 3.63) is 16.0 Å². The second kappa shape index (κ2) is 9.26. The molecule has 0 aromatic carbocycles. The Kier molecular flexibility index (Phi) is 6.95. The molecule has 0 bridgehead atoms. The highest BCUT2D eigenvalue weighted by atomic mass is 32.1. The van der Waals surface area contributed by atoms with Gasteiger partial charge in [0.25, 0.3) is 0 Å². The molecule has 1 fully saturated rings. The lowest BCUT2D eigenvalue weighted by molar-refractivity contribution is -0.124. The summed E-state index contributed by atoms with van der Waals surface area (Å²) in [6.45, 7) is 7.48. The number of piperidine rings is 1. The number of fused-ring (bicyclic) bond motifs is 1. The molecule has 1 aromatic heterocycles. The lowest BCUT2D eigenvalue weighted by Crippen LogP contribution is -2.47. The number of hydrogen-bond acceptors (Lipinski definition) is 6. The van der Waals surface area contributed by atoms with Gasteiger partial charge in [-0.25, -0.2) is 4.79 Å². The Balaban J connectivity index is 1.74. The average molecular weight is 422 g/mol. The number of ether oxygens (including phenoxy) is 1. The van der Waals surface area contributed by atoms with Crippen molar-refractivity contribution in [2.24, 2.45) is 17.6 Å². The average Bonchev–Trinajstić information content (AvgIpc) is 3.04. The van der Waals surface area contributed by atoms with Gasteiger partial charge in [0.15, 0.2) is 0 Å². The van der Waals surface area contributed by atoms with Crippen molar-refractivity contribution in [1.82, 2.24) is 4.90 Å². The number of amides is 2. The number of anilines is 1. The number of hydrogen-bond donors (Lipinski definition) is 2. The van der Waals surface area contributed by atoms with Crippen molar-refractivity contribution in [3.63, 3.8) is 0 Å². The van der Waals surface area contributed by atoms with Gasteiger partial charge in [-0.05, 0) is 70.5 Å². The number of nitrogens with two attached hydrogens (primary N) is 1. The van der Waals surface area contributed by atoms with Crippen molar-refractivity contribution in [2.45, 2.75) is 58.9 Å². The molecule has 2 aliphatic rings. The van der Waals surface area contributed by atoms with Crippen LogP contribution in [-0.4, -0.2) is 48.4 Å². The molecule has 0 spiro atoms. The molecule has 0 radical (unpaired) electrons. The van der Waals surface area contributed by atoms with Crippen LogP contribution in [0.2, 0.25) is 0 Å². The Morgan fingerprint density at radius 1 is 1.28 bits per heavy atom. The third-order valence-electron chi connectivity index (χ3n) is 6.09. The van der Waals surface area contributed by atoms with E-state index in [0.717, 1.165) is 24.8 Å². The lowest BCUT2D eigenvalue weighted by Gasteiger charge is -2.34. The zero-order valence-corrected chi connectivity index (χ0v) is 18.3. The van der Waals surface area contributed by atoms with E-state index in [0.29, 0.717) is 49.0 Å². The van der Waals surface area contributed by atoms with Gasteiger partial charge in [-0.2, -0.15) is 0 Å². The summed E-state index contributed by atoms with van der Waals surface area (Å²) in [6, 6.07) is -0.350. The molecule has 8 heteroatoms. The maximum atomic E-state index is 12.9. The first-order chi connectivity index (χ1) is 13.8. The summed E-state index contributed by atoms with van der Waals surface area (Å²) in [5.74, 6) is -0.295. The van der Waals surface area contributed by atoms with Gasteiger partial charge < -0.3 is 15.8 Å². The molecule has 2 amide bonds. The third-order valence-corrected chi connectivity index (χ3v) is 7.26. The summed E-state index contributed by atoms with van der Waals surface area (Å²) >= 11 is 1.50. The van der Waals surface area contributed by atoms with Crippen LogP contribution >= 0.6 is 11.3 Å². The number of nitrogens with zero attached hydrogens (tertiary/aromatic N) is 1. The van der Waals surface area contributed by atoms with Gasteiger partial charge in [0.2, 0.25) is 11.8 Å². The number of nitrogens with one attached hydrogen (secondary N) is 1. The van der Waals surface area contributed by atoms with E-state index >= 15 is 0 Å². The molecule has 3 N–H and O–H groups in total. The second-order valence-electron chi connectivity index (χ2n) is 8.15. The van der Waals surface area contributed by atoms with Gasteiger partial charge in [0.1, 0.15) is 5.00 Å². The van der Waals surface area contributed by atoms with E-state index in [-0.39, 0.29) is 29.7 Å². The van der Waals surface area contributed by atoms with E-state index in [4.69, 9.17) is 10.5 Å². The minimum absolute atomic E-state index is 0.108. The summed E-state index contributed by atoms with van der Waals surface area (Å²) < 4.78 is 5.27. The maximum absolute atomic E-state index is 12.9. The van der Waals surface area contributed by atoms with E-state index in [1.807, 2.05) is 6.92 Å². The molecule has 7 nitrogen and oxygen atoms in total. The summed E-state index contributed by atoms with van der Waals surface area (Å²) in [6.07, 6.45) is 4.15. The Labute approximate surface area is 176 Å². The van der Waals surface area contributed by atoms with E-state index in [1.165, 1.54) is 16.2 Å². The van der Waals surface area contributed by atoms with Crippen LogP contribution in [0.5, 0.6) is 0 Å². The van der Waals surface area contributed by atoms with Crippen molar-refractivity contribution >= 4 is 34.1 Å². The largest absolute Gasteiger partial charge is 0.462 e. The van der Waals surface area contributed by atoms with Crippen LogP contribution in [0.1, 0.15) is 60.8 Å². The van der Waals surface area contributed by atoms with Crippen LogP contribution in [0.15, 0.2) is 0 Å². The first kappa shape index (κ1) is 21.8. The fourth-order valence-corrected chi connectivity index (χ4v) is 5.61. The zero-order chi connectivity index (χ0) is 21.1. The van der Waals surface area contributed by atoms with E-state index in [2.05, 4.69) is 17.1 Å². The highest BCUT2D eigenvalue weighted by Crippen LogP contribution is 2.40. The molecule has 1 aromatic rings. The summed E-state index contributed by atoms with van der Waals surface area (Å²) in [7, 11) is 0. The highest BCUT2D eigenvalue weighted by molar-refractivity contribution is 7.17. The standard InChI is InChI=1S/C21H31N3O4S/c1-4-28-21(27)17-15-6-5-12(2)11-16(15)29-20(17)23-19(26)13(3)24-9-7-14(8-10-24)18(22)25/h12-14H,4-11H2,1-3H3,(H2,22,25)(H,23,26)/t12-,13+/m1/s1. The fraction of sp³-hybridized carbons (Fsp3) is 0.667. The molecule has 1 aliphatic heterocycles. The number of carbonyl (C=O) groups excluding carboxylic acids is 3. The molecule has 0 unspecified atom stereocenters. The molecular weight excluding hydrogens is 390 g/mol. The summed E-state index contributed by atoms with van der Waals surface area (Å²) in [4.78, 5) is 40.2. The molecular formula is C21H31N3O4S.